The minimum absolute atomic E-state index is 0.0583. The van der Waals surface area contributed by atoms with Crippen molar-refractivity contribution in [2.45, 2.75) is 26.2 Å². The lowest BCUT2D eigenvalue weighted by atomic mass is 10.2. The average Bonchev–Trinajstić information content (AvgIpc) is 2.36. The molecule has 0 unspecified atom stereocenters. The highest BCUT2D eigenvalue weighted by Gasteiger charge is 2.11. The van der Waals surface area contributed by atoms with E-state index in [1.54, 1.807) is 0 Å². The highest BCUT2D eigenvalue weighted by molar-refractivity contribution is 5.84. The molecule has 0 aromatic heterocycles. The van der Waals surface area contributed by atoms with Crippen molar-refractivity contribution in [1.82, 2.24) is 0 Å². The molecule has 0 saturated carbocycles. The summed E-state index contributed by atoms with van der Waals surface area (Å²) in [5, 5.41) is 6.90. The van der Waals surface area contributed by atoms with Crippen molar-refractivity contribution in [3.8, 4) is 5.75 Å². The Kier molecular flexibility index (Phi) is 6.42. The van der Waals surface area contributed by atoms with Crippen LogP contribution in [0.5, 0.6) is 5.75 Å². The molecule has 0 saturated heterocycles. The van der Waals surface area contributed by atoms with Crippen LogP contribution in [-0.4, -0.2) is 18.8 Å². The van der Waals surface area contributed by atoms with Crippen molar-refractivity contribution in [2.75, 3.05) is 6.61 Å². The first kappa shape index (κ1) is 15.9. The van der Waals surface area contributed by atoms with E-state index in [4.69, 9.17) is 16.2 Å². The molecular weight excluding hydrogens is 266 g/mol. The highest BCUT2D eigenvalue weighted by Crippen LogP contribution is 2.23. The van der Waals surface area contributed by atoms with Gasteiger partial charge in [-0.15, -0.1) is 5.10 Å². The van der Waals surface area contributed by atoms with Gasteiger partial charge in [-0.1, -0.05) is 19.8 Å². The fourth-order valence-electron chi connectivity index (χ4n) is 1.51. The Bertz CT molecular complexity index is 499. The first-order valence-corrected chi connectivity index (χ1v) is 6.28. The number of nitrogens with two attached hydrogens (primary N) is 2. The summed E-state index contributed by atoms with van der Waals surface area (Å²) in [6, 6.07) is 1.86. The fraction of sp³-hybridized carbons (Fsp3) is 0.385. The maximum Gasteiger partial charge on any atom is 0.211 e. The smallest absolute Gasteiger partial charge is 0.211 e. The van der Waals surface area contributed by atoms with Gasteiger partial charge in [-0.3, -0.25) is 0 Å². The van der Waals surface area contributed by atoms with Crippen LogP contribution in [0.4, 0.5) is 8.78 Å². The van der Waals surface area contributed by atoms with Crippen LogP contribution in [0.25, 0.3) is 0 Å². The standard InChI is InChI=1S/C13H18F2N4O/c1-2-3-4-5-20-12-9(8-18-19-13(16)17)6-10(14)7-11(12)15/h6-8H,2-5H2,1H3,(H4,16,17,19). The molecule has 4 N–H and O–H groups in total. The Morgan fingerprint density at radius 3 is 2.70 bits per heavy atom. The van der Waals surface area contributed by atoms with Crippen LogP contribution in [0.3, 0.4) is 0 Å². The molecule has 1 aromatic rings. The second-order valence-corrected chi connectivity index (χ2v) is 4.13. The monoisotopic (exact) mass is 284 g/mol. The normalized spacial score (nSPS) is 10.8. The maximum absolute atomic E-state index is 13.7. The van der Waals surface area contributed by atoms with Gasteiger partial charge >= 0.3 is 0 Å². The first-order chi connectivity index (χ1) is 9.54. The van der Waals surface area contributed by atoms with Gasteiger partial charge in [-0.05, 0) is 12.5 Å². The van der Waals surface area contributed by atoms with Crippen molar-refractivity contribution < 1.29 is 13.5 Å². The van der Waals surface area contributed by atoms with Gasteiger partial charge in [0.15, 0.2) is 11.6 Å². The molecule has 0 fully saturated rings. The van der Waals surface area contributed by atoms with Crippen molar-refractivity contribution in [3.63, 3.8) is 0 Å². The van der Waals surface area contributed by atoms with Gasteiger partial charge in [0.2, 0.25) is 5.96 Å². The molecule has 0 heterocycles. The lowest BCUT2D eigenvalue weighted by Crippen LogP contribution is -2.21. The number of hydrogen-bond donors (Lipinski definition) is 2. The predicted molar refractivity (Wildman–Crippen MR) is 74.8 cm³/mol. The third kappa shape index (κ3) is 5.21. The van der Waals surface area contributed by atoms with E-state index in [-0.39, 0.29) is 17.3 Å². The van der Waals surface area contributed by atoms with Gasteiger partial charge < -0.3 is 16.2 Å². The van der Waals surface area contributed by atoms with E-state index in [0.717, 1.165) is 37.6 Å². The van der Waals surface area contributed by atoms with Crippen molar-refractivity contribution in [1.29, 1.82) is 0 Å². The molecule has 0 atom stereocenters. The predicted octanol–water partition coefficient (Wildman–Crippen LogP) is 2.14. The molecule has 1 aromatic carbocycles. The van der Waals surface area contributed by atoms with Gasteiger partial charge in [0.25, 0.3) is 0 Å². The fourth-order valence-corrected chi connectivity index (χ4v) is 1.51. The lowest BCUT2D eigenvalue weighted by molar-refractivity contribution is 0.290. The second kappa shape index (κ2) is 8.08. The third-order valence-corrected chi connectivity index (χ3v) is 2.40. The van der Waals surface area contributed by atoms with Crippen LogP contribution in [-0.2, 0) is 0 Å². The summed E-state index contributed by atoms with van der Waals surface area (Å²) in [5.41, 5.74) is 10.3. The maximum atomic E-state index is 13.7. The van der Waals surface area contributed by atoms with Crippen LogP contribution in [0.15, 0.2) is 22.3 Å². The van der Waals surface area contributed by atoms with E-state index >= 15 is 0 Å². The van der Waals surface area contributed by atoms with Gasteiger partial charge in [-0.25, -0.2) is 8.78 Å². The van der Waals surface area contributed by atoms with E-state index in [1.165, 1.54) is 0 Å². The molecule has 0 spiro atoms. The molecule has 0 aliphatic rings. The highest BCUT2D eigenvalue weighted by atomic mass is 19.1. The zero-order chi connectivity index (χ0) is 15.0. The summed E-state index contributed by atoms with van der Waals surface area (Å²) in [6.07, 6.45) is 3.92. The van der Waals surface area contributed by atoms with E-state index in [1.807, 2.05) is 6.92 Å². The number of hydrogen-bond acceptors (Lipinski definition) is 3. The number of guanidine groups is 1. The Labute approximate surface area is 116 Å². The van der Waals surface area contributed by atoms with Crippen LogP contribution in [0.1, 0.15) is 31.7 Å². The summed E-state index contributed by atoms with van der Waals surface area (Å²) in [6.45, 7) is 2.39. The quantitative estimate of drug-likeness (QED) is 0.348. The number of rotatable bonds is 7. The zero-order valence-corrected chi connectivity index (χ0v) is 11.3. The van der Waals surface area contributed by atoms with E-state index in [0.29, 0.717) is 6.61 Å². The summed E-state index contributed by atoms with van der Waals surface area (Å²) in [7, 11) is 0. The summed E-state index contributed by atoms with van der Waals surface area (Å²) < 4.78 is 32.2. The van der Waals surface area contributed by atoms with Crippen molar-refractivity contribution in [2.24, 2.45) is 21.7 Å². The number of ether oxygens (including phenoxy) is 1. The summed E-state index contributed by atoms with van der Waals surface area (Å²) in [4.78, 5) is 0. The molecule has 20 heavy (non-hydrogen) atoms. The molecule has 0 radical (unpaired) electrons. The topological polar surface area (TPSA) is 86.0 Å². The van der Waals surface area contributed by atoms with Crippen LogP contribution in [0, 0.1) is 11.6 Å². The Morgan fingerprint density at radius 2 is 2.05 bits per heavy atom. The summed E-state index contributed by atoms with van der Waals surface area (Å²) >= 11 is 0. The lowest BCUT2D eigenvalue weighted by Gasteiger charge is -2.09. The number of benzene rings is 1. The van der Waals surface area contributed by atoms with Gasteiger partial charge in [0.1, 0.15) is 5.82 Å². The molecule has 0 bridgehead atoms. The molecule has 7 heteroatoms. The Balaban J connectivity index is 2.90. The van der Waals surface area contributed by atoms with Gasteiger partial charge in [0, 0.05) is 11.6 Å². The van der Waals surface area contributed by atoms with Crippen LogP contribution >= 0.6 is 0 Å². The Hall–Kier alpha value is -2.18. The van der Waals surface area contributed by atoms with Gasteiger partial charge in [-0.2, -0.15) is 5.10 Å². The Morgan fingerprint density at radius 1 is 1.30 bits per heavy atom. The zero-order valence-electron chi connectivity index (χ0n) is 11.3. The second-order valence-electron chi connectivity index (χ2n) is 4.13. The molecule has 110 valence electrons. The largest absolute Gasteiger partial charge is 0.490 e. The van der Waals surface area contributed by atoms with Crippen LogP contribution in [0.2, 0.25) is 0 Å². The summed E-state index contributed by atoms with van der Waals surface area (Å²) in [5.74, 6) is -1.82. The van der Waals surface area contributed by atoms with Gasteiger partial charge in [0.05, 0.1) is 12.8 Å². The van der Waals surface area contributed by atoms with Crippen molar-refractivity contribution >= 4 is 12.2 Å². The van der Waals surface area contributed by atoms with E-state index in [2.05, 4.69) is 10.2 Å². The minimum atomic E-state index is -0.785. The number of unbranched alkanes of at least 4 members (excludes halogenated alkanes) is 2. The van der Waals surface area contributed by atoms with Crippen LogP contribution < -0.4 is 16.2 Å². The molecular formula is C13H18F2N4O. The first-order valence-electron chi connectivity index (χ1n) is 6.28. The third-order valence-electron chi connectivity index (χ3n) is 2.40. The molecule has 0 aliphatic heterocycles. The molecule has 0 amide bonds. The molecule has 1 rings (SSSR count). The number of nitrogens with zero attached hydrogens (tertiary/aromatic N) is 2. The SMILES string of the molecule is CCCCCOc1c(F)cc(F)cc1C=NN=C(N)N. The van der Waals surface area contributed by atoms with Crippen molar-refractivity contribution in [3.05, 3.63) is 29.3 Å². The molecule has 0 aliphatic carbocycles. The molecule has 5 nitrogen and oxygen atoms in total. The average molecular weight is 284 g/mol. The minimum Gasteiger partial charge on any atom is -0.490 e. The number of halogens is 2. The van der Waals surface area contributed by atoms with E-state index < -0.39 is 11.6 Å². The van der Waals surface area contributed by atoms with E-state index in [9.17, 15) is 8.78 Å².